The van der Waals surface area contributed by atoms with Gasteiger partial charge in [-0.05, 0) is 18.9 Å². The van der Waals surface area contributed by atoms with Gasteiger partial charge in [0.1, 0.15) is 17.3 Å². The summed E-state index contributed by atoms with van der Waals surface area (Å²) in [7, 11) is 0. The fraction of sp³-hybridized carbons (Fsp3) is 0.300. The van der Waals surface area contributed by atoms with Gasteiger partial charge in [-0.15, -0.1) is 0 Å². The lowest BCUT2D eigenvalue weighted by Crippen LogP contribution is -2.11. The minimum atomic E-state index is -0.923. The number of carbonyl (C=O) groups is 1. The van der Waals surface area contributed by atoms with Crippen molar-refractivity contribution in [2.75, 3.05) is 11.9 Å². The molecule has 0 amide bonds. The van der Waals surface area contributed by atoms with Gasteiger partial charge in [0, 0.05) is 12.1 Å². The van der Waals surface area contributed by atoms with Crippen molar-refractivity contribution in [3.05, 3.63) is 22.6 Å². The Labute approximate surface area is 97.2 Å². The molecule has 6 heteroatoms. The normalized spacial score (nSPS) is 15.2. The van der Waals surface area contributed by atoms with Gasteiger partial charge in [-0.25, -0.2) is 14.8 Å². The first-order chi connectivity index (χ1) is 7.68. The Balaban J connectivity index is 2.52. The van der Waals surface area contributed by atoms with Crippen LogP contribution in [0.4, 0.5) is 5.82 Å². The Hall–Kier alpha value is -1.62. The Morgan fingerprint density at radius 3 is 3.06 bits per heavy atom. The maximum Gasteiger partial charge on any atom is 0.331 e. The summed E-state index contributed by atoms with van der Waals surface area (Å²) in [6.07, 6.45) is 4.14. The summed E-state index contributed by atoms with van der Waals surface area (Å²) in [6.45, 7) is 0.672. The van der Waals surface area contributed by atoms with E-state index < -0.39 is 5.97 Å². The van der Waals surface area contributed by atoms with E-state index in [1.807, 2.05) is 0 Å². The molecule has 0 saturated heterocycles. The van der Waals surface area contributed by atoms with Crippen molar-refractivity contribution in [3.63, 3.8) is 0 Å². The van der Waals surface area contributed by atoms with E-state index in [1.54, 1.807) is 0 Å². The molecule has 1 aromatic rings. The summed E-state index contributed by atoms with van der Waals surface area (Å²) < 4.78 is 0. The first-order valence-corrected chi connectivity index (χ1v) is 5.24. The molecule has 0 spiro atoms. The first-order valence-electron chi connectivity index (χ1n) is 4.86. The van der Waals surface area contributed by atoms with Crippen LogP contribution < -0.4 is 5.32 Å². The summed E-state index contributed by atoms with van der Waals surface area (Å²) in [5.41, 5.74) is 0.876. The van der Waals surface area contributed by atoms with E-state index in [0.29, 0.717) is 29.9 Å². The summed E-state index contributed by atoms with van der Waals surface area (Å²) in [5.74, 6) is -0.341. The zero-order valence-electron chi connectivity index (χ0n) is 8.40. The third-order valence-corrected chi connectivity index (χ3v) is 2.65. The van der Waals surface area contributed by atoms with Crippen LogP contribution in [0.1, 0.15) is 18.4 Å². The van der Waals surface area contributed by atoms with E-state index >= 15 is 0 Å². The SMILES string of the molecule is O=C(O)C1=Cc2c(Cl)ncnc2NCCC1. The van der Waals surface area contributed by atoms with E-state index in [4.69, 9.17) is 16.7 Å². The minimum absolute atomic E-state index is 0.262. The molecule has 84 valence electrons. The number of nitrogens with one attached hydrogen (secondary N) is 1. The van der Waals surface area contributed by atoms with Crippen molar-refractivity contribution in [1.29, 1.82) is 0 Å². The van der Waals surface area contributed by atoms with Crippen molar-refractivity contribution in [1.82, 2.24) is 9.97 Å². The van der Waals surface area contributed by atoms with E-state index in [-0.39, 0.29) is 5.15 Å². The van der Waals surface area contributed by atoms with Crippen LogP contribution in [-0.4, -0.2) is 27.6 Å². The summed E-state index contributed by atoms with van der Waals surface area (Å²) in [5, 5.41) is 12.4. The van der Waals surface area contributed by atoms with E-state index in [0.717, 1.165) is 6.42 Å². The first kappa shape index (κ1) is 10.9. The highest BCUT2D eigenvalue weighted by molar-refractivity contribution is 6.31. The third-order valence-electron chi connectivity index (χ3n) is 2.34. The second kappa shape index (κ2) is 4.49. The zero-order valence-corrected chi connectivity index (χ0v) is 9.16. The smallest absolute Gasteiger partial charge is 0.331 e. The number of carboxylic acid groups (broad SMARTS) is 1. The van der Waals surface area contributed by atoms with E-state index in [1.165, 1.54) is 12.4 Å². The number of nitrogens with zero attached hydrogens (tertiary/aromatic N) is 2. The number of fused-ring (bicyclic) bond motifs is 1. The lowest BCUT2D eigenvalue weighted by atomic mass is 10.1. The van der Waals surface area contributed by atoms with Gasteiger partial charge in [0.15, 0.2) is 0 Å². The highest BCUT2D eigenvalue weighted by atomic mass is 35.5. The fourth-order valence-corrected chi connectivity index (χ4v) is 1.73. The van der Waals surface area contributed by atoms with Gasteiger partial charge in [0.05, 0.1) is 5.56 Å². The van der Waals surface area contributed by atoms with Crippen molar-refractivity contribution in [2.24, 2.45) is 0 Å². The van der Waals surface area contributed by atoms with Gasteiger partial charge in [-0.3, -0.25) is 0 Å². The molecule has 0 saturated carbocycles. The van der Waals surface area contributed by atoms with Crippen LogP contribution >= 0.6 is 11.6 Å². The highest BCUT2D eigenvalue weighted by Crippen LogP contribution is 2.25. The van der Waals surface area contributed by atoms with Crippen molar-refractivity contribution < 1.29 is 9.90 Å². The van der Waals surface area contributed by atoms with Gasteiger partial charge >= 0.3 is 5.97 Å². The Bertz CT molecular complexity index is 459. The second-order valence-electron chi connectivity index (χ2n) is 3.43. The number of anilines is 1. The molecule has 0 atom stereocenters. The maximum absolute atomic E-state index is 11.0. The molecule has 5 nitrogen and oxygen atoms in total. The average molecular weight is 240 g/mol. The van der Waals surface area contributed by atoms with Crippen LogP contribution in [0.25, 0.3) is 6.08 Å². The van der Waals surface area contributed by atoms with Gasteiger partial charge in [-0.2, -0.15) is 0 Å². The van der Waals surface area contributed by atoms with Crippen LogP contribution in [0.15, 0.2) is 11.9 Å². The van der Waals surface area contributed by atoms with Gasteiger partial charge in [0.25, 0.3) is 0 Å². The fourth-order valence-electron chi connectivity index (χ4n) is 1.54. The quantitative estimate of drug-likeness (QED) is 0.731. The monoisotopic (exact) mass is 239 g/mol. The van der Waals surface area contributed by atoms with Crippen LogP contribution in [0.2, 0.25) is 5.15 Å². The molecule has 1 aromatic heterocycles. The number of aromatic nitrogens is 2. The third kappa shape index (κ3) is 2.14. The predicted octanol–water partition coefficient (Wildman–Crippen LogP) is 1.80. The highest BCUT2D eigenvalue weighted by Gasteiger charge is 2.15. The van der Waals surface area contributed by atoms with E-state index in [2.05, 4.69) is 15.3 Å². The molecule has 0 fully saturated rings. The molecular formula is C10H10ClN3O2. The zero-order chi connectivity index (χ0) is 11.5. The van der Waals surface area contributed by atoms with Gasteiger partial charge in [-0.1, -0.05) is 11.6 Å². The number of aliphatic carboxylic acids is 1. The molecule has 0 aromatic carbocycles. The molecule has 0 radical (unpaired) electrons. The Morgan fingerprint density at radius 2 is 2.31 bits per heavy atom. The molecule has 2 N–H and O–H groups in total. The number of rotatable bonds is 1. The minimum Gasteiger partial charge on any atom is -0.478 e. The van der Waals surface area contributed by atoms with Crippen molar-refractivity contribution in [2.45, 2.75) is 12.8 Å². The lowest BCUT2D eigenvalue weighted by molar-refractivity contribution is -0.132. The van der Waals surface area contributed by atoms with E-state index in [9.17, 15) is 4.79 Å². The second-order valence-corrected chi connectivity index (χ2v) is 3.79. The topological polar surface area (TPSA) is 75.1 Å². The molecular weight excluding hydrogens is 230 g/mol. The van der Waals surface area contributed by atoms with Crippen molar-refractivity contribution >= 4 is 29.5 Å². The number of hydrogen-bond acceptors (Lipinski definition) is 4. The number of halogens is 1. The molecule has 0 aliphatic carbocycles. The average Bonchev–Trinajstić information content (AvgIpc) is 2.19. The summed E-state index contributed by atoms with van der Waals surface area (Å²) >= 11 is 5.91. The Kier molecular flexibility index (Phi) is 3.05. The number of hydrogen-bond donors (Lipinski definition) is 2. The molecule has 16 heavy (non-hydrogen) atoms. The molecule has 2 heterocycles. The Morgan fingerprint density at radius 1 is 1.50 bits per heavy atom. The molecule has 1 aliphatic rings. The summed E-state index contributed by atoms with van der Waals surface area (Å²) in [6, 6.07) is 0. The molecule has 0 bridgehead atoms. The molecule has 2 rings (SSSR count). The molecule has 1 aliphatic heterocycles. The van der Waals surface area contributed by atoms with Gasteiger partial charge in [0.2, 0.25) is 0 Å². The number of carboxylic acids is 1. The van der Waals surface area contributed by atoms with Gasteiger partial charge < -0.3 is 10.4 Å². The summed E-state index contributed by atoms with van der Waals surface area (Å²) in [4.78, 5) is 18.8. The standard InChI is InChI=1S/C10H10ClN3O2/c11-8-7-4-6(10(15)16)2-1-3-12-9(7)14-5-13-8/h4-5H,1-3H2,(H,15,16)(H,12,13,14). The van der Waals surface area contributed by atoms with Crippen LogP contribution in [0.3, 0.4) is 0 Å². The predicted molar refractivity (Wildman–Crippen MR) is 60.4 cm³/mol. The molecule has 0 unspecified atom stereocenters. The largest absolute Gasteiger partial charge is 0.478 e. The maximum atomic E-state index is 11.0. The van der Waals surface area contributed by atoms with Crippen LogP contribution in [-0.2, 0) is 4.79 Å². The van der Waals surface area contributed by atoms with Crippen molar-refractivity contribution in [3.8, 4) is 0 Å². The van der Waals surface area contributed by atoms with Crippen LogP contribution in [0.5, 0.6) is 0 Å². The van der Waals surface area contributed by atoms with Crippen LogP contribution in [0, 0.1) is 0 Å². The lowest BCUT2D eigenvalue weighted by Gasteiger charge is -2.13.